The zero-order chi connectivity index (χ0) is 17.8. The minimum absolute atomic E-state index is 0.0926. The first-order chi connectivity index (χ1) is 12.1. The van der Waals surface area contributed by atoms with Crippen LogP contribution in [0.4, 0.5) is 0 Å². The standard InChI is InChI=1S/C18H17N3O4/c1-24-15-7-11(8-16(25-2)17(15)22)9-20-21-18(23)13-10-19-14-6-4-3-5-12(13)14/h3-10,19,22H,1-2H3,(H,21,23). The number of para-hydroxylation sites is 1. The number of H-pyrrole nitrogens is 1. The quantitative estimate of drug-likeness (QED) is 0.492. The molecule has 1 aromatic heterocycles. The lowest BCUT2D eigenvalue weighted by atomic mass is 10.2. The van der Waals surface area contributed by atoms with Crippen molar-refractivity contribution in [1.82, 2.24) is 10.4 Å². The minimum atomic E-state index is -0.327. The summed E-state index contributed by atoms with van der Waals surface area (Å²) in [7, 11) is 2.88. The van der Waals surface area contributed by atoms with Crippen LogP contribution in [0, 0.1) is 0 Å². The van der Waals surface area contributed by atoms with Gasteiger partial charge in [0.2, 0.25) is 5.75 Å². The number of hydrogen-bond acceptors (Lipinski definition) is 5. The van der Waals surface area contributed by atoms with E-state index in [0.29, 0.717) is 11.1 Å². The highest BCUT2D eigenvalue weighted by Crippen LogP contribution is 2.36. The number of nitrogens with one attached hydrogen (secondary N) is 2. The van der Waals surface area contributed by atoms with Crippen molar-refractivity contribution in [2.24, 2.45) is 5.10 Å². The second-order valence-corrected chi connectivity index (χ2v) is 5.22. The van der Waals surface area contributed by atoms with Crippen LogP contribution in [-0.2, 0) is 0 Å². The van der Waals surface area contributed by atoms with Gasteiger partial charge in [-0.15, -0.1) is 0 Å². The lowest BCUT2D eigenvalue weighted by molar-refractivity contribution is 0.0957. The van der Waals surface area contributed by atoms with E-state index in [9.17, 15) is 9.90 Å². The molecule has 0 saturated carbocycles. The van der Waals surface area contributed by atoms with Gasteiger partial charge in [-0.3, -0.25) is 4.79 Å². The molecule has 128 valence electrons. The van der Waals surface area contributed by atoms with Gasteiger partial charge in [0.15, 0.2) is 11.5 Å². The summed E-state index contributed by atoms with van der Waals surface area (Å²) in [4.78, 5) is 15.3. The second kappa shape index (κ2) is 6.96. The molecule has 7 nitrogen and oxygen atoms in total. The highest BCUT2D eigenvalue weighted by Gasteiger charge is 2.12. The Morgan fingerprint density at radius 1 is 1.20 bits per heavy atom. The SMILES string of the molecule is COc1cc(C=NNC(=O)c2c[nH]c3ccccc23)cc(OC)c1O. The number of carbonyl (C=O) groups is 1. The van der Waals surface area contributed by atoms with Gasteiger partial charge in [-0.05, 0) is 18.2 Å². The van der Waals surface area contributed by atoms with E-state index in [0.717, 1.165) is 10.9 Å². The lowest BCUT2D eigenvalue weighted by Gasteiger charge is -2.09. The molecule has 3 rings (SSSR count). The van der Waals surface area contributed by atoms with E-state index >= 15 is 0 Å². The maximum Gasteiger partial charge on any atom is 0.273 e. The first-order valence-corrected chi connectivity index (χ1v) is 7.48. The van der Waals surface area contributed by atoms with Gasteiger partial charge in [-0.2, -0.15) is 5.10 Å². The van der Waals surface area contributed by atoms with Crippen molar-refractivity contribution in [3.63, 3.8) is 0 Å². The number of nitrogens with zero attached hydrogens (tertiary/aromatic N) is 1. The molecule has 25 heavy (non-hydrogen) atoms. The molecule has 0 bridgehead atoms. The number of aromatic hydroxyl groups is 1. The summed E-state index contributed by atoms with van der Waals surface area (Å²) in [6.07, 6.45) is 3.08. The Balaban J connectivity index is 1.78. The summed E-state index contributed by atoms with van der Waals surface area (Å²) in [6.45, 7) is 0. The molecular formula is C18H17N3O4. The average molecular weight is 339 g/mol. The maximum atomic E-state index is 12.3. The fourth-order valence-corrected chi connectivity index (χ4v) is 2.47. The van der Waals surface area contributed by atoms with Crippen LogP contribution >= 0.6 is 0 Å². The molecule has 0 fully saturated rings. The van der Waals surface area contributed by atoms with Gasteiger partial charge in [-0.25, -0.2) is 5.43 Å². The molecule has 7 heteroatoms. The van der Waals surface area contributed by atoms with E-state index in [1.807, 2.05) is 24.3 Å². The van der Waals surface area contributed by atoms with Crippen LogP contribution in [-0.4, -0.2) is 36.4 Å². The normalized spacial score (nSPS) is 11.0. The topological polar surface area (TPSA) is 95.9 Å². The number of hydrazone groups is 1. The highest BCUT2D eigenvalue weighted by molar-refractivity contribution is 6.06. The number of amides is 1. The molecule has 0 aliphatic heterocycles. The molecule has 0 radical (unpaired) electrons. The first-order valence-electron chi connectivity index (χ1n) is 7.48. The van der Waals surface area contributed by atoms with Crippen LogP contribution in [0.15, 0.2) is 47.7 Å². The molecule has 0 aliphatic rings. The molecule has 0 spiro atoms. The monoisotopic (exact) mass is 339 g/mol. The van der Waals surface area contributed by atoms with Gasteiger partial charge in [0, 0.05) is 22.7 Å². The predicted octanol–water partition coefficient (Wildman–Crippen LogP) is 2.65. The van der Waals surface area contributed by atoms with Crippen molar-refractivity contribution in [3.8, 4) is 17.2 Å². The van der Waals surface area contributed by atoms with E-state index < -0.39 is 0 Å². The molecule has 3 N–H and O–H groups in total. The number of ether oxygens (including phenoxy) is 2. The Morgan fingerprint density at radius 3 is 2.56 bits per heavy atom. The van der Waals surface area contributed by atoms with Crippen molar-refractivity contribution in [3.05, 3.63) is 53.7 Å². The van der Waals surface area contributed by atoms with Gasteiger partial charge in [-0.1, -0.05) is 18.2 Å². The van der Waals surface area contributed by atoms with Gasteiger partial charge < -0.3 is 19.6 Å². The molecular weight excluding hydrogens is 322 g/mol. The lowest BCUT2D eigenvalue weighted by Crippen LogP contribution is -2.17. The zero-order valence-electron chi connectivity index (χ0n) is 13.7. The Morgan fingerprint density at radius 2 is 1.88 bits per heavy atom. The van der Waals surface area contributed by atoms with E-state index in [1.54, 1.807) is 18.3 Å². The zero-order valence-corrected chi connectivity index (χ0v) is 13.7. The van der Waals surface area contributed by atoms with Crippen LogP contribution in [0.1, 0.15) is 15.9 Å². The van der Waals surface area contributed by atoms with E-state index in [1.165, 1.54) is 20.4 Å². The molecule has 0 aliphatic carbocycles. The summed E-state index contributed by atoms with van der Waals surface area (Å²) in [5, 5.41) is 14.7. The Bertz CT molecular complexity index is 921. The summed E-state index contributed by atoms with van der Waals surface area (Å²) in [5.41, 5.74) is 4.47. The molecule has 3 aromatic rings. The average Bonchev–Trinajstić information content (AvgIpc) is 3.07. The minimum Gasteiger partial charge on any atom is -0.502 e. The molecule has 0 saturated heterocycles. The van der Waals surface area contributed by atoms with Crippen molar-refractivity contribution in [1.29, 1.82) is 0 Å². The third-order valence-electron chi connectivity index (χ3n) is 3.72. The number of carbonyl (C=O) groups excluding carboxylic acids is 1. The number of phenols is 1. The molecule has 0 atom stereocenters. The van der Waals surface area contributed by atoms with Crippen LogP contribution in [0.25, 0.3) is 10.9 Å². The van der Waals surface area contributed by atoms with E-state index in [2.05, 4.69) is 15.5 Å². The first kappa shape index (κ1) is 16.4. The number of phenolic OH excluding ortho intramolecular Hbond substituents is 1. The third-order valence-corrected chi connectivity index (χ3v) is 3.72. The van der Waals surface area contributed by atoms with Gasteiger partial charge in [0.25, 0.3) is 5.91 Å². The number of aromatic nitrogens is 1. The van der Waals surface area contributed by atoms with Crippen molar-refractivity contribution >= 4 is 23.0 Å². The number of fused-ring (bicyclic) bond motifs is 1. The molecule has 0 unspecified atom stereocenters. The summed E-state index contributed by atoms with van der Waals surface area (Å²) < 4.78 is 10.2. The third kappa shape index (κ3) is 3.25. The van der Waals surface area contributed by atoms with Gasteiger partial charge in [0.1, 0.15) is 0 Å². The molecule has 2 aromatic carbocycles. The van der Waals surface area contributed by atoms with Crippen molar-refractivity contribution < 1.29 is 19.4 Å². The van der Waals surface area contributed by atoms with Gasteiger partial charge >= 0.3 is 0 Å². The highest BCUT2D eigenvalue weighted by atomic mass is 16.5. The summed E-state index contributed by atoms with van der Waals surface area (Å²) in [6, 6.07) is 10.7. The Kier molecular flexibility index (Phi) is 4.56. The number of methoxy groups -OCH3 is 2. The van der Waals surface area contributed by atoms with Crippen molar-refractivity contribution in [2.75, 3.05) is 14.2 Å². The summed E-state index contributed by atoms with van der Waals surface area (Å²) in [5.74, 6) is 0.0869. The number of benzene rings is 2. The van der Waals surface area contributed by atoms with Crippen LogP contribution in [0.3, 0.4) is 0 Å². The van der Waals surface area contributed by atoms with E-state index in [-0.39, 0.29) is 23.2 Å². The predicted molar refractivity (Wildman–Crippen MR) is 94.6 cm³/mol. The number of aromatic amines is 1. The fourth-order valence-electron chi connectivity index (χ4n) is 2.47. The second-order valence-electron chi connectivity index (χ2n) is 5.22. The number of hydrogen-bond donors (Lipinski definition) is 3. The maximum absolute atomic E-state index is 12.3. The smallest absolute Gasteiger partial charge is 0.273 e. The van der Waals surface area contributed by atoms with E-state index in [4.69, 9.17) is 9.47 Å². The van der Waals surface area contributed by atoms with Crippen molar-refractivity contribution in [2.45, 2.75) is 0 Å². The Labute approximate surface area is 143 Å². The van der Waals surface area contributed by atoms with Gasteiger partial charge in [0.05, 0.1) is 26.0 Å². The Hall–Kier alpha value is -3.48. The fraction of sp³-hybridized carbons (Fsp3) is 0.111. The largest absolute Gasteiger partial charge is 0.502 e. The molecule has 1 heterocycles. The van der Waals surface area contributed by atoms with Crippen LogP contribution < -0.4 is 14.9 Å². The molecule has 1 amide bonds. The number of rotatable bonds is 5. The van der Waals surface area contributed by atoms with Crippen LogP contribution in [0.5, 0.6) is 17.2 Å². The van der Waals surface area contributed by atoms with Crippen LogP contribution in [0.2, 0.25) is 0 Å². The summed E-state index contributed by atoms with van der Waals surface area (Å²) >= 11 is 0.